The highest BCUT2D eigenvalue weighted by atomic mass is 16.3. The van der Waals surface area contributed by atoms with Crippen LogP contribution in [-0.4, -0.2) is 17.5 Å². The predicted molar refractivity (Wildman–Crippen MR) is 143 cm³/mol. The van der Waals surface area contributed by atoms with E-state index >= 15 is 0 Å². The van der Waals surface area contributed by atoms with Crippen LogP contribution in [0.1, 0.15) is 115 Å². The summed E-state index contributed by atoms with van der Waals surface area (Å²) in [5, 5.41) is 17.0. The van der Waals surface area contributed by atoms with Gasteiger partial charge in [0.15, 0.2) is 5.72 Å². The number of aliphatic hydroxyl groups is 1. The first kappa shape index (κ1) is 25.7. The molecule has 0 saturated carbocycles. The number of aliphatic imine (C=N–C) groups is 1. The van der Waals surface area contributed by atoms with Crippen molar-refractivity contribution < 1.29 is 5.11 Å². The Bertz CT molecular complexity index is 871. The van der Waals surface area contributed by atoms with E-state index in [-0.39, 0.29) is 0 Å². The fraction of sp³-hybridized carbons (Fsp3) is 0.633. The van der Waals surface area contributed by atoms with Crippen LogP contribution in [-0.2, 0) is 12.1 Å². The molecule has 1 unspecified atom stereocenters. The summed E-state index contributed by atoms with van der Waals surface area (Å²) in [4.78, 5) is 4.65. The zero-order chi connectivity index (χ0) is 23.4. The Kier molecular flexibility index (Phi) is 10.7. The number of amidine groups is 1. The van der Waals surface area contributed by atoms with Gasteiger partial charge in [-0.3, -0.25) is 4.99 Å². The van der Waals surface area contributed by atoms with Gasteiger partial charge in [0.05, 0.1) is 5.84 Å². The van der Waals surface area contributed by atoms with Crippen LogP contribution in [0.25, 0.3) is 10.8 Å². The molecular weight excluding hydrogens is 404 g/mol. The smallest absolute Gasteiger partial charge is 0.160 e. The van der Waals surface area contributed by atoms with Crippen molar-refractivity contribution in [1.29, 1.82) is 0 Å². The molecule has 3 heteroatoms. The molecule has 0 aliphatic carbocycles. The molecule has 0 fully saturated rings. The summed E-state index contributed by atoms with van der Waals surface area (Å²) >= 11 is 0. The number of hydrogen-bond donors (Lipinski definition) is 2. The Balaban J connectivity index is 1.50. The third-order valence-electron chi connectivity index (χ3n) is 7.05. The van der Waals surface area contributed by atoms with E-state index in [1.807, 2.05) is 13.0 Å². The fourth-order valence-corrected chi connectivity index (χ4v) is 5.05. The number of hydrogen-bond acceptors (Lipinski definition) is 3. The zero-order valence-corrected chi connectivity index (χ0v) is 21.2. The van der Waals surface area contributed by atoms with Crippen LogP contribution >= 0.6 is 0 Å². The van der Waals surface area contributed by atoms with Crippen LogP contribution in [0.3, 0.4) is 0 Å². The molecule has 0 radical (unpaired) electrons. The highest BCUT2D eigenvalue weighted by Crippen LogP contribution is 2.29. The van der Waals surface area contributed by atoms with Crippen LogP contribution in [0, 0.1) is 0 Å². The van der Waals surface area contributed by atoms with Gasteiger partial charge in [-0.05, 0) is 48.9 Å². The maximum atomic E-state index is 11.3. The molecule has 1 atom stereocenters. The Morgan fingerprint density at radius 2 is 1.61 bits per heavy atom. The summed E-state index contributed by atoms with van der Waals surface area (Å²) < 4.78 is 0. The SMILES string of the molecule is CCCCCCCCCCCCc1ccc2c(C(C)(O)NC3=NCCCCC3)cccc2c1. The van der Waals surface area contributed by atoms with E-state index in [2.05, 4.69) is 47.6 Å². The first-order valence-corrected chi connectivity index (χ1v) is 13.7. The van der Waals surface area contributed by atoms with Crippen molar-refractivity contribution in [2.24, 2.45) is 4.99 Å². The highest BCUT2D eigenvalue weighted by molar-refractivity contribution is 5.88. The maximum Gasteiger partial charge on any atom is 0.160 e. The topological polar surface area (TPSA) is 44.6 Å². The third kappa shape index (κ3) is 8.45. The largest absolute Gasteiger partial charge is 0.367 e. The molecule has 0 amide bonds. The monoisotopic (exact) mass is 450 g/mol. The number of rotatable bonds is 13. The minimum absolute atomic E-state index is 0.857. The van der Waals surface area contributed by atoms with Gasteiger partial charge in [-0.1, -0.05) is 108 Å². The molecule has 0 bridgehead atoms. The van der Waals surface area contributed by atoms with Gasteiger partial charge in [-0.15, -0.1) is 0 Å². The lowest BCUT2D eigenvalue weighted by Crippen LogP contribution is -2.43. The molecule has 1 aliphatic rings. The highest BCUT2D eigenvalue weighted by Gasteiger charge is 2.26. The first-order chi connectivity index (χ1) is 16.1. The summed E-state index contributed by atoms with van der Waals surface area (Å²) in [5.74, 6) is 0.937. The summed E-state index contributed by atoms with van der Waals surface area (Å²) in [6, 6.07) is 13.0. The van der Waals surface area contributed by atoms with Gasteiger partial charge >= 0.3 is 0 Å². The lowest BCUT2D eigenvalue weighted by Gasteiger charge is -2.28. The predicted octanol–water partition coefficient (Wildman–Crippen LogP) is 8.03. The number of benzene rings is 2. The second-order valence-electron chi connectivity index (χ2n) is 10.1. The molecule has 1 aliphatic heterocycles. The average molecular weight is 451 g/mol. The molecule has 0 aromatic heterocycles. The maximum absolute atomic E-state index is 11.3. The van der Waals surface area contributed by atoms with Crippen molar-refractivity contribution in [2.75, 3.05) is 6.54 Å². The molecule has 2 aromatic rings. The van der Waals surface area contributed by atoms with Crippen LogP contribution < -0.4 is 5.32 Å². The summed E-state index contributed by atoms with van der Waals surface area (Å²) in [5.41, 5.74) is 1.21. The van der Waals surface area contributed by atoms with E-state index in [1.165, 1.54) is 81.6 Å². The minimum Gasteiger partial charge on any atom is -0.367 e. The van der Waals surface area contributed by atoms with Crippen molar-refractivity contribution >= 4 is 16.6 Å². The molecule has 1 heterocycles. The normalized spacial score (nSPS) is 16.3. The van der Waals surface area contributed by atoms with Crippen molar-refractivity contribution in [3.8, 4) is 0 Å². The minimum atomic E-state index is -1.12. The second-order valence-corrected chi connectivity index (χ2v) is 10.1. The summed E-state index contributed by atoms with van der Waals surface area (Å²) in [7, 11) is 0. The molecule has 2 N–H and O–H groups in total. The summed E-state index contributed by atoms with van der Waals surface area (Å²) in [6.07, 6.45) is 19.3. The van der Waals surface area contributed by atoms with Gasteiger partial charge in [-0.25, -0.2) is 0 Å². The zero-order valence-electron chi connectivity index (χ0n) is 21.2. The third-order valence-corrected chi connectivity index (χ3v) is 7.05. The van der Waals surface area contributed by atoms with Crippen molar-refractivity contribution in [2.45, 2.75) is 116 Å². The molecule has 33 heavy (non-hydrogen) atoms. The molecule has 0 spiro atoms. The van der Waals surface area contributed by atoms with E-state index in [9.17, 15) is 5.11 Å². The van der Waals surface area contributed by atoms with Crippen LogP contribution in [0.5, 0.6) is 0 Å². The number of unbranched alkanes of at least 4 members (excludes halogenated alkanes) is 9. The van der Waals surface area contributed by atoms with E-state index in [0.29, 0.717) is 0 Å². The van der Waals surface area contributed by atoms with Gasteiger partial charge in [0.1, 0.15) is 0 Å². The van der Waals surface area contributed by atoms with Crippen LogP contribution in [0.2, 0.25) is 0 Å². The Morgan fingerprint density at radius 3 is 2.36 bits per heavy atom. The van der Waals surface area contributed by atoms with Crippen LogP contribution in [0.4, 0.5) is 0 Å². The molecule has 0 saturated heterocycles. The Morgan fingerprint density at radius 1 is 0.879 bits per heavy atom. The first-order valence-electron chi connectivity index (χ1n) is 13.7. The van der Waals surface area contributed by atoms with Crippen molar-refractivity contribution in [1.82, 2.24) is 5.32 Å². The van der Waals surface area contributed by atoms with Crippen molar-refractivity contribution in [3.63, 3.8) is 0 Å². The average Bonchev–Trinajstić information content (AvgIpc) is 3.08. The van der Waals surface area contributed by atoms with E-state index in [1.54, 1.807) is 0 Å². The number of nitrogens with one attached hydrogen (secondary N) is 1. The fourth-order valence-electron chi connectivity index (χ4n) is 5.05. The van der Waals surface area contributed by atoms with E-state index in [0.717, 1.165) is 49.0 Å². The quantitative estimate of drug-likeness (QED) is 0.240. The van der Waals surface area contributed by atoms with Crippen molar-refractivity contribution in [3.05, 3.63) is 47.5 Å². The van der Waals surface area contributed by atoms with Gasteiger partial charge in [0.25, 0.3) is 0 Å². The molecule has 3 nitrogen and oxygen atoms in total. The Hall–Kier alpha value is -1.87. The van der Waals surface area contributed by atoms with Gasteiger partial charge < -0.3 is 10.4 Å². The van der Waals surface area contributed by atoms with Gasteiger partial charge in [0, 0.05) is 18.5 Å². The summed E-state index contributed by atoms with van der Waals surface area (Å²) in [6.45, 7) is 4.99. The lowest BCUT2D eigenvalue weighted by atomic mass is 9.94. The lowest BCUT2D eigenvalue weighted by molar-refractivity contribution is 0.0419. The number of aryl methyl sites for hydroxylation is 1. The number of nitrogens with zero attached hydrogens (tertiary/aromatic N) is 1. The van der Waals surface area contributed by atoms with Gasteiger partial charge in [0.2, 0.25) is 0 Å². The van der Waals surface area contributed by atoms with Gasteiger partial charge in [-0.2, -0.15) is 0 Å². The molecular formula is C30H46N2O. The van der Waals surface area contributed by atoms with E-state index in [4.69, 9.17) is 0 Å². The molecule has 182 valence electrons. The molecule has 3 rings (SSSR count). The standard InChI is InChI=1S/C30H46N2O/c1-3-4-5-6-7-8-9-10-11-13-17-25-21-22-27-26(24-25)18-16-19-28(27)30(2,33)32-29-20-14-12-15-23-31-29/h16,18-19,21-22,24,33H,3-15,17,20,23H2,1-2H3,(H,31,32). The Labute approximate surface area is 202 Å². The second kappa shape index (κ2) is 13.7. The number of fused-ring (bicyclic) bond motifs is 1. The van der Waals surface area contributed by atoms with Crippen LogP contribution in [0.15, 0.2) is 41.4 Å². The van der Waals surface area contributed by atoms with E-state index < -0.39 is 5.72 Å². The molecule has 2 aromatic carbocycles.